The summed E-state index contributed by atoms with van der Waals surface area (Å²) in [5.74, 6) is -0.0167. The Morgan fingerprint density at radius 3 is 2.59 bits per heavy atom. The van der Waals surface area contributed by atoms with Gasteiger partial charge in [0.25, 0.3) is 5.91 Å². The van der Waals surface area contributed by atoms with Crippen molar-refractivity contribution in [1.82, 2.24) is 14.8 Å². The van der Waals surface area contributed by atoms with Crippen LogP contribution in [0.2, 0.25) is 0 Å². The molecule has 0 fully saturated rings. The van der Waals surface area contributed by atoms with Gasteiger partial charge in [-0.3, -0.25) is 14.5 Å². The molecule has 37 heavy (non-hydrogen) atoms. The molecule has 186 valence electrons. The number of aliphatic imine (C=N–C) groups is 1. The second-order valence-corrected chi connectivity index (χ2v) is 8.86. The van der Waals surface area contributed by atoms with Crippen molar-refractivity contribution in [1.29, 1.82) is 0 Å². The average Bonchev–Trinajstić information content (AvgIpc) is 3.42. The monoisotopic (exact) mass is 493 g/mol. The van der Waals surface area contributed by atoms with E-state index in [0.717, 1.165) is 27.7 Å². The molecule has 0 saturated carbocycles. The number of rotatable bonds is 7. The predicted octanol–water partition coefficient (Wildman–Crippen LogP) is 5.70. The summed E-state index contributed by atoms with van der Waals surface area (Å²) in [5, 5.41) is 28.2. The van der Waals surface area contributed by atoms with E-state index >= 15 is 0 Å². The highest BCUT2D eigenvalue weighted by Gasteiger charge is 2.14. The maximum atomic E-state index is 12.7. The lowest BCUT2D eigenvalue weighted by Crippen LogP contribution is -2.17. The summed E-state index contributed by atoms with van der Waals surface area (Å²) in [5.41, 5.74) is 6.19. The van der Waals surface area contributed by atoms with Crippen LogP contribution in [0.1, 0.15) is 39.8 Å². The molecular weight excluding hydrogens is 466 g/mol. The fourth-order valence-electron chi connectivity index (χ4n) is 4.30. The second kappa shape index (κ2) is 10.0. The maximum Gasteiger partial charge on any atom is 0.273 e. The number of fused-ring (bicyclic) bond motifs is 1. The van der Waals surface area contributed by atoms with Crippen LogP contribution in [-0.4, -0.2) is 37.1 Å². The number of aromatic hydroxyl groups is 2. The Morgan fingerprint density at radius 1 is 1.05 bits per heavy atom. The minimum Gasteiger partial charge on any atom is -0.508 e. The third-order valence-electron chi connectivity index (χ3n) is 6.11. The fourth-order valence-corrected chi connectivity index (χ4v) is 4.30. The molecule has 0 unspecified atom stereocenters. The van der Waals surface area contributed by atoms with Crippen molar-refractivity contribution in [3.8, 4) is 11.6 Å². The molecule has 8 heteroatoms. The van der Waals surface area contributed by atoms with Gasteiger partial charge in [-0.25, -0.2) is 0 Å². The molecule has 0 spiro atoms. The molecule has 5 aromatic rings. The maximum absolute atomic E-state index is 12.7. The number of H-pyrrole nitrogens is 1. The number of phenolic OH excluding ortho intramolecular Hbond substituents is 1. The Balaban J connectivity index is 1.32. The van der Waals surface area contributed by atoms with Gasteiger partial charge in [-0.1, -0.05) is 24.3 Å². The molecule has 2 aromatic heterocycles. The molecule has 4 N–H and O–H groups in total. The quantitative estimate of drug-likeness (QED) is 0.218. The summed E-state index contributed by atoms with van der Waals surface area (Å²) in [7, 11) is 0. The normalized spacial score (nSPS) is 11.4. The van der Waals surface area contributed by atoms with Crippen molar-refractivity contribution in [3.63, 3.8) is 0 Å². The van der Waals surface area contributed by atoms with Gasteiger partial charge in [0.1, 0.15) is 11.4 Å². The Morgan fingerprint density at radius 2 is 1.84 bits per heavy atom. The molecule has 2 heterocycles. The van der Waals surface area contributed by atoms with Crippen LogP contribution in [0, 0.1) is 6.92 Å². The predicted molar refractivity (Wildman–Crippen MR) is 145 cm³/mol. The van der Waals surface area contributed by atoms with Gasteiger partial charge in [-0.15, -0.1) is 0 Å². The zero-order valence-corrected chi connectivity index (χ0v) is 20.6. The van der Waals surface area contributed by atoms with Crippen LogP contribution in [0.15, 0.2) is 77.8 Å². The fraction of sp³-hybridized carbons (Fsp3) is 0.138. The van der Waals surface area contributed by atoms with Crippen molar-refractivity contribution in [2.24, 2.45) is 4.99 Å². The number of nitrogens with zero attached hydrogens (tertiary/aromatic N) is 3. The van der Waals surface area contributed by atoms with E-state index in [1.165, 1.54) is 0 Å². The molecule has 0 aliphatic heterocycles. The summed E-state index contributed by atoms with van der Waals surface area (Å²) < 4.78 is 1.69. The number of amides is 1. The van der Waals surface area contributed by atoms with Gasteiger partial charge < -0.3 is 20.5 Å². The topological polar surface area (TPSA) is 116 Å². The van der Waals surface area contributed by atoms with Crippen molar-refractivity contribution >= 4 is 34.4 Å². The van der Waals surface area contributed by atoms with Gasteiger partial charge in [-0.05, 0) is 73.9 Å². The smallest absolute Gasteiger partial charge is 0.273 e. The molecule has 0 bridgehead atoms. The molecule has 0 aliphatic rings. The average molecular weight is 494 g/mol. The molecule has 1 amide bonds. The number of nitrogens with one attached hydrogen (secondary N) is 2. The zero-order chi connectivity index (χ0) is 25.9. The Labute approximate surface area is 213 Å². The van der Waals surface area contributed by atoms with Crippen molar-refractivity contribution in [2.45, 2.75) is 26.8 Å². The first-order valence-corrected chi connectivity index (χ1v) is 12.0. The van der Waals surface area contributed by atoms with Crippen LogP contribution in [0.4, 0.5) is 11.4 Å². The molecule has 0 radical (unpaired) electrons. The molecule has 8 nitrogen and oxygen atoms in total. The molecular formula is C29H27N5O3. The largest absolute Gasteiger partial charge is 0.508 e. The number of carbonyl (C=O) groups excluding carboxylic acids is 1. The van der Waals surface area contributed by atoms with Gasteiger partial charge in [0, 0.05) is 35.4 Å². The number of anilines is 1. The zero-order valence-electron chi connectivity index (χ0n) is 20.6. The van der Waals surface area contributed by atoms with Gasteiger partial charge in [-0.2, -0.15) is 5.10 Å². The summed E-state index contributed by atoms with van der Waals surface area (Å²) in [4.78, 5) is 20.1. The van der Waals surface area contributed by atoms with E-state index < -0.39 is 0 Å². The lowest BCUT2D eigenvalue weighted by atomic mass is 10.0. The van der Waals surface area contributed by atoms with E-state index in [1.807, 2.05) is 56.3 Å². The summed E-state index contributed by atoms with van der Waals surface area (Å²) in [6.07, 6.45) is 2.28. The number of aromatic nitrogens is 3. The highest BCUT2D eigenvalue weighted by Crippen LogP contribution is 2.28. The highest BCUT2D eigenvalue weighted by molar-refractivity contribution is 6.03. The van der Waals surface area contributed by atoms with E-state index in [2.05, 4.69) is 20.4 Å². The molecule has 0 atom stereocenters. The van der Waals surface area contributed by atoms with Crippen LogP contribution >= 0.6 is 0 Å². The first-order chi connectivity index (χ1) is 17.9. The van der Waals surface area contributed by atoms with Crippen LogP contribution in [0.25, 0.3) is 10.9 Å². The van der Waals surface area contributed by atoms with Crippen molar-refractivity contribution in [3.05, 3.63) is 101 Å². The third kappa shape index (κ3) is 5.23. The number of carbonyl (C=O) groups is 1. The first kappa shape index (κ1) is 23.9. The van der Waals surface area contributed by atoms with Crippen molar-refractivity contribution < 1.29 is 15.0 Å². The van der Waals surface area contributed by atoms with Crippen LogP contribution < -0.4 is 5.32 Å². The number of hydrogen-bond acceptors (Lipinski definition) is 5. The Kier molecular flexibility index (Phi) is 6.47. The SMILES string of the molecule is CCn1nc(C)cc1C(=O)Nc1ccc(Cc2ccc3[nH]c(O)c(C=Nc4cccc(O)c4)c3c2)cc1. The van der Waals surface area contributed by atoms with E-state index in [-0.39, 0.29) is 17.5 Å². The van der Waals surface area contributed by atoms with E-state index in [9.17, 15) is 15.0 Å². The molecule has 0 aliphatic carbocycles. The second-order valence-electron chi connectivity index (χ2n) is 8.86. The lowest BCUT2D eigenvalue weighted by Gasteiger charge is -2.08. The minimum absolute atomic E-state index is 0.0377. The van der Waals surface area contributed by atoms with E-state index in [4.69, 9.17) is 0 Å². The minimum atomic E-state index is -0.187. The number of benzene rings is 3. The third-order valence-corrected chi connectivity index (χ3v) is 6.11. The highest BCUT2D eigenvalue weighted by atomic mass is 16.3. The molecule has 0 saturated heterocycles. The van der Waals surface area contributed by atoms with Crippen LogP contribution in [0.5, 0.6) is 11.6 Å². The summed E-state index contributed by atoms with van der Waals surface area (Å²) in [6, 6.07) is 22.1. The number of hydrogen-bond donors (Lipinski definition) is 4. The molecule has 3 aromatic carbocycles. The first-order valence-electron chi connectivity index (χ1n) is 12.0. The van der Waals surface area contributed by atoms with Gasteiger partial charge in [0.15, 0.2) is 5.88 Å². The summed E-state index contributed by atoms with van der Waals surface area (Å²) in [6.45, 7) is 4.45. The van der Waals surface area contributed by atoms with Gasteiger partial charge in [0.2, 0.25) is 0 Å². The number of aromatic amines is 1. The molecule has 5 rings (SSSR count). The number of phenols is 1. The summed E-state index contributed by atoms with van der Waals surface area (Å²) >= 11 is 0. The Hall–Kier alpha value is -4.85. The Bertz CT molecular complexity index is 1610. The van der Waals surface area contributed by atoms with E-state index in [1.54, 1.807) is 41.2 Å². The van der Waals surface area contributed by atoms with Gasteiger partial charge >= 0.3 is 0 Å². The van der Waals surface area contributed by atoms with Crippen LogP contribution in [-0.2, 0) is 13.0 Å². The lowest BCUT2D eigenvalue weighted by molar-refractivity contribution is 0.101. The van der Waals surface area contributed by atoms with Crippen molar-refractivity contribution in [2.75, 3.05) is 5.32 Å². The van der Waals surface area contributed by atoms with E-state index in [0.29, 0.717) is 35.6 Å². The standard InChI is InChI=1S/C29H27N5O3/c1-3-34-27(13-18(2)33-34)29(37)31-21-10-7-19(8-11-21)14-20-9-12-26-24(15-20)25(28(36)32-26)17-30-22-5-4-6-23(35)16-22/h4-13,15-17,32,35-36H,3,14H2,1-2H3,(H,31,37). The van der Waals surface area contributed by atoms with Crippen LogP contribution in [0.3, 0.4) is 0 Å². The van der Waals surface area contributed by atoms with Gasteiger partial charge in [0.05, 0.1) is 16.9 Å². The number of aryl methyl sites for hydroxylation is 2.